The van der Waals surface area contributed by atoms with Gasteiger partial charge in [-0.15, -0.1) is 0 Å². The molecule has 0 N–H and O–H groups in total. The Bertz CT molecular complexity index is 657. The Morgan fingerprint density at radius 3 is 2.60 bits per heavy atom. The standard InChI is InChI=1S/C9H8BrN3O2/c1-12-7-6(3-5(10)4-11-7)8(14)13(2)9(12)15/h3-4H,1-2H3. The summed E-state index contributed by atoms with van der Waals surface area (Å²) in [6.07, 6.45) is 1.56. The smallest absolute Gasteiger partial charge is 0.280 e. The van der Waals surface area contributed by atoms with Crippen molar-refractivity contribution < 1.29 is 0 Å². The van der Waals surface area contributed by atoms with Crippen molar-refractivity contribution in [3.8, 4) is 0 Å². The molecule has 6 heteroatoms. The van der Waals surface area contributed by atoms with Crippen LogP contribution in [0.3, 0.4) is 0 Å². The average molecular weight is 270 g/mol. The molecule has 0 saturated carbocycles. The molecule has 0 saturated heterocycles. The van der Waals surface area contributed by atoms with Crippen molar-refractivity contribution in [1.29, 1.82) is 0 Å². The van der Waals surface area contributed by atoms with E-state index in [2.05, 4.69) is 20.9 Å². The zero-order valence-electron chi connectivity index (χ0n) is 8.19. The zero-order valence-corrected chi connectivity index (χ0v) is 9.78. The van der Waals surface area contributed by atoms with Crippen molar-refractivity contribution in [3.05, 3.63) is 37.6 Å². The van der Waals surface area contributed by atoms with Crippen LogP contribution in [0.4, 0.5) is 0 Å². The predicted octanol–water partition coefficient (Wildman–Crippen LogP) is 0.395. The third-order valence-corrected chi connectivity index (χ3v) is 2.69. The van der Waals surface area contributed by atoms with Gasteiger partial charge in [0.2, 0.25) is 0 Å². The largest absolute Gasteiger partial charge is 0.332 e. The van der Waals surface area contributed by atoms with Crippen LogP contribution in [0.2, 0.25) is 0 Å². The van der Waals surface area contributed by atoms with Gasteiger partial charge in [0.25, 0.3) is 5.56 Å². The normalized spacial score (nSPS) is 10.9. The fraction of sp³-hybridized carbons (Fsp3) is 0.222. The molecular formula is C9H8BrN3O2. The molecule has 2 aromatic rings. The highest BCUT2D eigenvalue weighted by Gasteiger charge is 2.08. The average Bonchev–Trinajstić information content (AvgIpc) is 2.23. The summed E-state index contributed by atoms with van der Waals surface area (Å²) in [6, 6.07) is 1.66. The number of rotatable bonds is 0. The molecule has 2 rings (SSSR count). The van der Waals surface area contributed by atoms with Gasteiger partial charge in [-0.25, -0.2) is 9.78 Å². The van der Waals surface area contributed by atoms with Gasteiger partial charge in [-0.05, 0) is 22.0 Å². The molecule has 78 valence electrons. The minimum Gasteiger partial charge on any atom is -0.280 e. The van der Waals surface area contributed by atoms with Crippen LogP contribution in [0.15, 0.2) is 26.3 Å². The first-order valence-corrected chi connectivity index (χ1v) is 5.03. The van der Waals surface area contributed by atoms with Gasteiger partial charge >= 0.3 is 5.69 Å². The Kier molecular flexibility index (Phi) is 2.22. The second-order valence-corrected chi connectivity index (χ2v) is 4.15. The monoisotopic (exact) mass is 269 g/mol. The van der Waals surface area contributed by atoms with Gasteiger partial charge in [-0.1, -0.05) is 0 Å². The summed E-state index contributed by atoms with van der Waals surface area (Å²) in [7, 11) is 3.04. The molecule has 0 unspecified atom stereocenters. The van der Waals surface area contributed by atoms with Gasteiger partial charge in [0.05, 0.1) is 5.39 Å². The van der Waals surface area contributed by atoms with E-state index in [1.54, 1.807) is 19.3 Å². The molecule has 15 heavy (non-hydrogen) atoms. The van der Waals surface area contributed by atoms with Gasteiger partial charge in [0.15, 0.2) is 0 Å². The maximum atomic E-state index is 11.7. The van der Waals surface area contributed by atoms with E-state index < -0.39 is 0 Å². The van der Waals surface area contributed by atoms with Gasteiger partial charge in [0.1, 0.15) is 5.65 Å². The van der Waals surface area contributed by atoms with E-state index in [0.717, 1.165) is 4.57 Å². The lowest BCUT2D eigenvalue weighted by atomic mass is 10.3. The fourth-order valence-electron chi connectivity index (χ4n) is 1.44. The summed E-state index contributed by atoms with van der Waals surface area (Å²) in [5.74, 6) is 0. The molecule has 0 spiro atoms. The Labute approximate surface area is 93.1 Å². The quantitative estimate of drug-likeness (QED) is 0.696. The number of pyridine rings is 1. The summed E-state index contributed by atoms with van der Waals surface area (Å²) in [5.41, 5.74) is -0.310. The van der Waals surface area contributed by atoms with Crippen LogP contribution in [0, 0.1) is 0 Å². The fourth-order valence-corrected chi connectivity index (χ4v) is 1.77. The summed E-state index contributed by atoms with van der Waals surface area (Å²) in [5, 5.41) is 0.425. The molecule has 2 aromatic heterocycles. The van der Waals surface area contributed by atoms with Crippen molar-refractivity contribution in [2.45, 2.75) is 0 Å². The number of hydrogen-bond acceptors (Lipinski definition) is 3. The lowest BCUT2D eigenvalue weighted by Gasteiger charge is -2.05. The van der Waals surface area contributed by atoms with Crippen LogP contribution in [-0.2, 0) is 14.1 Å². The summed E-state index contributed by atoms with van der Waals surface area (Å²) in [4.78, 5) is 27.4. The van der Waals surface area contributed by atoms with Crippen molar-refractivity contribution in [2.75, 3.05) is 0 Å². The first-order valence-electron chi connectivity index (χ1n) is 4.23. The Balaban J connectivity index is 3.15. The van der Waals surface area contributed by atoms with E-state index in [1.807, 2.05) is 0 Å². The number of aryl methyl sites for hydroxylation is 1. The molecule has 5 nitrogen and oxygen atoms in total. The van der Waals surface area contributed by atoms with Crippen LogP contribution in [0.25, 0.3) is 11.0 Å². The first-order chi connectivity index (χ1) is 7.02. The SMILES string of the molecule is Cn1c(=O)c2cc(Br)cnc2n(C)c1=O. The Morgan fingerprint density at radius 1 is 1.27 bits per heavy atom. The van der Waals surface area contributed by atoms with E-state index in [9.17, 15) is 9.59 Å². The number of nitrogens with zero attached hydrogens (tertiary/aromatic N) is 3. The zero-order chi connectivity index (χ0) is 11.2. The second kappa shape index (κ2) is 3.30. The lowest BCUT2D eigenvalue weighted by molar-refractivity contribution is 0.707. The topological polar surface area (TPSA) is 56.9 Å². The van der Waals surface area contributed by atoms with Crippen LogP contribution < -0.4 is 11.2 Å². The molecule has 0 aliphatic carbocycles. The van der Waals surface area contributed by atoms with E-state index in [1.165, 1.54) is 11.6 Å². The highest BCUT2D eigenvalue weighted by atomic mass is 79.9. The number of aromatic nitrogens is 3. The summed E-state index contributed by atoms with van der Waals surface area (Å²) >= 11 is 3.24. The maximum Gasteiger partial charge on any atom is 0.332 e. The maximum absolute atomic E-state index is 11.7. The minimum atomic E-state index is -0.373. The third-order valence-electron chi connectivity index (χ3n) is 2.26. The Morgan fingerprint density at radius 2 is 1.93 bits per heavy atom. The van der Waals surface area contributed by atoms with Gasteiger partial charge in [-0.3, -0.25) is 13.9 Å². The summed E-state index contributed by atoms with van der Waals surface area (Å²) < 4.78 is 3.13. The second-order valence-electron chi connectivity index (χ2n) is 3.23. The van der Waals surface area contributed by atoms with Gasteiger partial charge in [0, 0.05) is 24.8 Å². The third kappa shape index (κ3) is 1.41. The van der Waals surface area contributed by atoms with E-state index in [-0.39, 0.29) is 11.2 Å². The molecule has 0 aliphatic heterocycles. The molecule has 0 aromatic carbocycles. The van der Waals surface area contributed by atoms with E-state index in [4.69, 9.17) is 0 Å². The van der Waals surface area contributed by atoms with Gasteiger partial charge in [-0.2, -0.15) is 0 Å². The van der Waals surface area contributed by atoms with Crippen molar-refractivity contribution in [3.63, 3.8) is 0 Å². The molecule has 0 amide bonds. The molecule has 0 atom stereocenters. The van der Waals surface area contributed by atoms with Crippen molar-refractivity contribution in [2.24, 2.45) is 14.1 Å². The van der Waals surface area contributed by atoms with Crippen molar-refractivity contribution in [1.82, 2.24) is 14.1 Å². The molecule has 2 heterocycles. The highest BCUT2D eigenvalue weighted by Crippen LogP contribution is 2.12. The lowest BCUT2D eigenvalue weighted by Crippen LogP contribution is -2.37. The van der Waals surface area contributed by atoms with E-state index in [0.29, 0.717) is 15.5 Å². The van der Waals surface area contributed by atoms with Crippen LogP contribution >= 0.6 is 15.9 Å². The number of halogens is 1. The minimum absolute atomic E-state index is 0.332. The van der Waals surface area contributed by atoms with Crippen LogP contribution in [0.5, 0.6) is 0 Å². The molecule has 0 fully saturated rings. The molecule has 0 aliphatic rings. The van der Waals surface area contributed by atoms with E-state index >= 15 is 0 Å². The van der Waals surface area contributed by atoms with Crippen molar-refractivity contribution >= 4 is 27.0 Å². The number of fused-ring (bicyclic) bond motifs is 1. The Hall–Kier alpha value is -1.43. The van der Waals surface area contributed by atoms with Crippen LogP contribution in [-0.4, -0.2) is 14.1 Å². The highest BCUT2D eigenvalue weighted by molar-refractivity contribution is 9.10. The predicted molar refractivity (Wildman–Crippen MR) is 59.9 cm³/mol. The molecule has 0 bridgehead atoms. The first kappa shape index (κ1) is 10.1. The number of hydrogen-bond donors (Lipinski definition) is 0. The molecular weight excluding hydrogens is 262 g/mol. The summed E-state index contributed by atoms with van der Waals surface area (Å²) in [6.45, 7) is 0. The molecule has 0 radical (unpaired) electrons. The van der Waals surface area contributed by atoms with Gasteiger partial charge < -0.3 is 0 Å². The van der Waals surface area contributed by atoms with Crippen LogP contribution in [0.1, 0.15) is 0 Å².